The van der Waals surface area contributed by atoms with Gasteiger partial charge in [0.2, 0.25) is 0 Å². The largest absolute Gasteiger partial charge is 0.435 e. The minimum Gasteiger partial charge on any atom is -0.379 e. The molecule has 30 heavy (non-hydrogen) atoms. The SMILES string of the molecule is Cl.N=C(N)SCc1c(C(F)(F)F)nc2c(NC(=O)c3c(Cl)cccc3Cl)cccn12. The Hall–Kier alpha value is -2.14. The van der Waals surface area contributed by atoms with Gasteiger partial charge in [-0.25, -0.2) is 4.98 Å². The summed E-state index contributed by atoms with van der Waals surface area (Å²) in [5.74, 6) is -0.913. The number of nitrogens with two attached hydrogens (primary N) is 1. The maximum Gasteiger partial charge on any atom is 0.435 e. The van der Waals surface area contributed by atoms with Crippen molar-refractivity contribution in [2.24, 2.45) is 5.73 Å². The number of nitrogens with one attached hydrogen (secondary N) is 2. The third-order valence-electron chi connectivity index (χ3n) is 3.82. The molecule has 13 heteroatoms. The Kier molecular flexibility index (Phi) is 7.51. The number of carbonyl (C=O) groups is 1. The number of nitrogens with zero attached hydrogens (tertiary/aromatic N) is 2. The lowest BCUT2D eigenvalue weighted by Gasteiger charge is -2.10. The highest BCUT2D eigenvalue weighted by Gasteiger charge is 2.38. The number of imidazole rings is 1. The Morgan fingerprint density at radius 2 is 1.87 bits per heavy atom. The summed E-state index contributed by atoms with van der Waals surface area (Å²) in [4.78, 5) is 16.3. The zero-order chi connectivity index (χ0) is 21.3. The monoisotopic (exact) mass is 497 g/mol. The van der Waals surface area contributed by atoms with Crippen LogP contribution < -0.4 is 11.1 Å². The quantitative estimate of drug-likeness (QED) is 0.329. The number of pyridine rings is 1. The molecule has 3 aromatic rings. The molecule has 6 nitrogen and oxygen atoms in total. The maximum atomic E-state index is 13.5. The van der Waals surface area contributed by atoms with E-state index in [0.29, 0.717) is 0 Å². The third-order valence-corrected chi connectivity index (χ3v) is 5.18. The summed E-state index contributed by atoms with van der Waals surface area (Å²) in [6.07, 6.45) is -3.35. The summed E-state index contributed by atoms with van der Waals surface area (Å²) >= 11 is 12.8. The maximum absolute atomic E-state index is 13.5. The van der Waals surface area contributed by atoms with Crippen molar-refractivity contribution in [3.05, 3.63) is 63.5 Å². The van der Waals surface area contributed by atoms with Gasteiger partial charge < -0.3 is 15.5 Å². The fourth-order valence-corrected chi connectivity index (χ4v) is 3.76. The number of alkyl halides is 3. The molecule has 1 amide bonds. The molecule has 0 atom stereocenters. The molecule has 0 radical (unpaired) electrons. The molecular formula is C17H13Cl3F3N5OS. The van der Waals surface area contributed by atoms with Crippen LogP contribution in [0.15, 0.2) is 36.5 Å². The Bertz CT molecular complexity index is 1100. The van der Waals surface area contributed by atoms with Crippen LogP contribution in [0.2, 0.25) is 10.0 Å². The second-order valence-corrected chi connectivity index (χ2v) is 7.56. The van der Waals surface area contributed by atoms with E-state index in [4.69, 9.17) is 34.3 Å². The van der Waals surface area contributed by atoms with Gasteiger partial charge in [-0.15, -0.1) is 12.4 Å². The number of rotatable bonds is 4. The van der Waals surface area contributed by atoms with E-state index < -0.39 is 17.8 Å². The summed E-state index contributed by atoms with van der Waals surface area (Å²) in [6.45, 7) is 0. The Labute approximate surface area is 188 Å². The number of fused-ring (bicyclic) bond motifs is 1. The van der Waals surface area contributed by atoms with Gasteiger partial charge in [-0.2, -0.15) is 13.2 Å². The van der Waals surface area contributed by atoms with E-state index in [9.17, 15) is 18.0 Å². The van der Waals surface area contributed by atoms with Gasteiger partial charge in [0.15, 0.2) is 16.5 Å². The number of anilines is 1. The zero-order valence-corrected chi connectivity index (χ0v) is 17.9. The van der Waals surface area contributed by atoms with Crippen LogP contribution in [0, 0.1) is 5.41 Å². The minimum atomic E-state index is -4.73. The number of aromatic nitrogens is 2. The van der Waals surface area contributed by atoms with Crippen LogP contribution in [0.5, 0.6) is 0 Å². The van der Waals surface area contributed by atoms with Gasteiger partial charge in [0.05, 0.1) is 27.0 Å². The molecular weight excluding hydrogens is 486 g/mol. The molecule has 2 heterocycles. The van der Waals surface area contributed by atoms with Gasteiger partial charge in [-0.3, -0.25) is 10.2 Å². The summed E-state index contributed by atoms with van der Waals surface area (Å²) in [5, 5.41) is 9.62. The Balaban J connectivity index is 0.00000320. The number of thioether (sulfide) groups is 1. The first-order valence-electron chi connectivity index (χ1n) is 7.89. The lowest BCUT2D eigenvalue weighted by Crippen LogP contribution is -2.14. The van der Waals surface area contributed by atoms with Gasteiger partial charge >= 0.3 is 6.18 Å². The molecule has 0 spiro atoms. The van der Waals surface area contributed by atoms with Crippen molar-refractivity contribution in [2.75, 3.05) is 5.32 Å². The Morgan fingerprint density at radius 1 is 1.23 bits per heavy atom. The standard InChI is InChI=1S/C17H12Cl2F3N5OS.ClH/c18-8-3-1-4-9(19)12(8)15(28)25-10-5-2-6-27-11(7-29-16(23)24)13(17(20,21)22)26-14(10)27;/h1-6H,7H2,(H3,23,24)(H,25,28);1H. The number of hydrogen-bond donors (Lipinski definition) is 3. The lowest BCUT2D eigenvalue weighted by molar-refractivity contribution is -0.141. The molecule has 0 aliphatic rings. The molecule has 2 aromatic heterocycles. The highest BCUT2D eigenvalue weighted by molar-refractivity contribution is 8.13. The van der Waals surface area contributed by atoms with Crippen molar-refractivity contribution in [3.8, 4) is 0 Å². The molecule has 160 valence electrons. The minimum absolute atomic E-state index is 0. The summed E-state index contributed by atoms with van der Waals surface area (Å²) in [6, 6.07) is 7.37. The van der Waals surface area contributed by atoms with Crippen molar-refractivity contribution in [1.29, 1.82) is 5.41 Å². The van der Waals surface area contributed by atoms with E-state index in [1.807, 2.05) is 0 Å². The summed E-state index contributed by atoms with van der Waals surface area (Å²) in [7, 11) is 0. The van der Waals surface area contributed by atoms with Crippen LogP contribution in [0.1, 0.15) is 21.7 Å². The first kappa shape index (κ1) is 24.1. The van der Waals surface area contributed by atoms with E-state index in [1.54, 1.807) is 6.07 Å². The van der Waals surface area contributed by atoms with Crippen LogP contribution in [-0.2, 0) is 11.9 Å². The number of benzene rings is 1. The van der Waals surface area contributed by atoms with Crippen LogP contribution in [0.3, 0.4) is 0 Å². The predicted molar refractivity (Wildman–Crippen MR) is 115 cm³/mol. The van der Waals surface area contributed by atoms with E-state index in [2.05, 4.69) is 10.3 Å². The molecule has 4 N–H and O–H groups in total. The predicted octanol–water partition coefficient (Wildman–Crippen LogP) is 5.46. The van der Waals surface area contributed by atoms with E-state index >= 15 is 0 Å². The second-order valence-electron chi connectivity index (χ2n) is 5.72. The fraction of sp³-hybridized carbons (Fsp3) is 0.118. The highest BCUT2D eigenvalue weighted by atomic mass is 35.5. The highest BCUT2D eigenvalue weighted by Crippen LogP contribution is 2.35. The van der Waals surface area contributed by atoms with Crippen molar-refractivity contribution >= 4 is 69.8 Å². The molecule has 0 aliphatic carbocycles. The number of carbonyl (C=O) groups excluding carboxylic acids is 1. The average Bonchev–Trinajstić information content (AvgIpc) is 3.00. The van der Waals surface area contributed by atoms with Gasteiger partial charge in [0.1, 0.15) is 0 Å². The van der Waals surface area contributed by atoms with Crippen molar-refractivity contribution < 1.29 is 18.0 Å². The van der Waals surface area contributed by atoms with Crippen molar-refractivity contribution in [3.63, 3.8) is 0 Å². The molecule has 0 aliphatic heterocycles. The Morgan fingerprint density at radius 3 is 2.43 bits per heavy atom. The fourth-order valence-electron chi connectivity index (χ4n) is 2.62. The average molecular weight is 499 g/mol. The van der Waals surface area contributed by atoms with Gasteiger partial charge in [0, 0.05) is 11.9 Å². The number of amidine groups is 1. The molecule has 3 rings (SSSR count). The van der Waals surface area contributed by atoms with Crippen molar-refractivity contribution in [1.82, 2.24) is 9.38 Å². The topological polar surface area (TPSA) is 96.3 Å². The summed E-state index contributed by atoms with van der Waals surface area (Å²) < 4.78 is 41.6. The number of hydrogen-bond acceptors (Lipinski definition) is 4. The van der Waals surface area contributed by atoms with Gasteiger partial charge in [-0.1, -0.05) is 41.0 Å². The normalized spacial score (nSPS) is 11.2. The first-order valence-corrected chi connectivity index (χ1v) is 9.63. The summed E-state index contributed by atoms with van der Waals surface area (Å²) in [5.41, 5.74) is 3.86. The lowest BCUT2D eigenvalue weighted by atomic mass is 10.2. The zero-order valence-electron chi connectivity index (χ0n) is 14.8. The van der Waals surface area contributed by atoms with Crippen LogP contribution in [0.25, 0.3) is 5.65 Å². The van der Waals surface area contributed by atoms with E-state index in [-0.39, 0.29) is 56.0 Å². The molecule has 0 fully saturated rings. The smallest absolute Gasteiger partial charge is 0.379 e. The molecule has 0 saturated carbocycles. The number of halogens is 6. The van der Waals surface area contributed by atoms with Crippen molar-refractivity contribution in [2.45, 2.75) is 11.9 Å². The van der Waals surface area contributed by atoms with Gasteiger partial charge in [0.25, 0.3) is 5.91 Å². The molecule has 0 bridgehead atoms. The number of amides is 1. The second kappa shape index (κ2) is 9.34. The van der Waals surface area contributed by atoms with Crippen LogP contribution >= 0.6 is 47.4 Å². The van der Waals surface area contributed by atoms with E-state index in [1.165, 1.54) is 34.9 Å². The van der Waals surface area contributed by atoms with E-state index in [0.717, 1.165) is 11.8 Å². The van der Waals surface area contributed by atoms with Gasteiger partial charge in [-0.05, 0) is 24.3 Å². The van der Waals surface area contributed by atoms with Crippen LogP contribution in [-0.4, -0.2) is 20.5 Å². The molecule has 0 unspecified atom stereocenters. The third kappa shape index (κ3) is 4.94. The first-order chi connectivity index (χ1) is 13.6. The van der Waals surface area contributed by atoms with Crippen LogP contribution in [0.4, 0.5) is 18.9 Å². The molecule has 0 saturated heterocycles. The molecule has 1 aromatic carbocycles.